The van der Waals surface area contributed by atoms with Crippen molar-refractivity contribution in [2.24, 2.45) is 10.9 Å². The number of carbonyl (C=O) groups is 1. The Kier molecular flexibility index (Phi) is 6.54. The number of hydrogen-bond donors (Lipinski definition) is 3. The van der Waals surface area contributed by atoms with Crippen molar-refractivity contribution in [2.75, 3.05) is 20.1 Å². The van der Waals surface area contributed by atoms with Crippen molar-refractivity contribution in [1.82, 2.24) is 16.0 Å². The summed E-state index contributed by atoms with van der Waals surface area (Å²) in [4.78, 5) is 15.7. The van der Waals surface area contributed by atoms with Crippen LogP contribution in [-0.2, 0) is 4.79 Å². The second kappa shape index (κ2) is 7.95. The highest BCUT2D eigenvalue weighted by Crippen LogP contribution is 2.27. The molecule has 104 valence electrons. The minimum absolute atomic E-state index is 0.0921. The summed E-state index contributed by atoms with van der Waals surface area (Å²) < 4.78 is 0. The Morgan fingerprint density at radius 3 is 2.67 bits per heavy atom. The summed E-state index contributed by atoms with van der Waals surface area (Å²) in [5.74, 6) is 1.70. The van der Waals surface area contributed by atoms with Gasteiger partial charge in [0.1, 0.15) is 0 Å². The summed E-state index contributed by atoms with van der Waals surface area (Å²) in [6, 6.07) is 0.254. The van der Waals surface area contributed by atoms with Crippen molar-refractivity contribution < 1.29 is 4.79 Å². The molecular formula is C13H26N4O. The van der Waals surface area contributed by atoms with Crippen molar-refractivity contribution >= 4 is 11.9 Å². The summed E-state index contributed by atoms with van der Waals surface area (Å²) in [6.45, 7) is 5.68. The molecular weight excluding hydrogens is 228 g/mol. The Balaban J connectivity index is 2.08. The van der Waals surface area contributed by atoms with Gasteiger partial charge in [-0.3, -0.25) is 9.79 Å². The van der Waals surface area contributed by atoms with E-state index in [0.717, 1.165) is 24.8 Å². The summed E-state index contributed by atoms with van der Waals surface area (Å²) in [7, 11) is 1.75. The van der Waals surface area contributed by atoms with Gasteiger partial charge in [-0.2, -0.15) is 0 Å². The molecule has 0 spiro atoms. The minimum atomic E-state index is 0.0921. The molecule has 5 heteroatoms. The molecule has 1 saturated carbocycles. The van der Waals surface area contributed by atoms with Crippen LogP contribution in [0.3, 0.4) is 0 Å². The summed E-state index contributed by atoms with van der Waals surface area (Å²) in [5.41, 5.74) is 0. The molecule has 0 bridgehead atoms. The number of guanidine groups is 1. The maximum atomic E-state index is 11.5. The van der Waals surface area contributed by atoms with E-state index in [1.165, 1.54) is 12.8 Å². The molecule has 1 atom stereocenters. The molecule has 0 aliphatic heterocycles. The Morgan fingerprint density at radius 1 is 1.39 bits per heavy atom. The number of hydrogen-bond acceptors (Lipinski definition) is 2. The van der Waals surface area contributed by atoms with E-state index < -0.39 is 0 Å². The van der Waals surface area contributed by atoms with E-state index >= 15 is 0 Å². The molecule has 1 rings (SSSR count). The molecule has 0 heterocycles. The highest BCUT2D eigenvalue weighted by Gasteiger charge is 2.20. The summed E-state index contributed by atoms with van der Waals surface area (Å²) >= 11 is 0. The smallest absolute Gasteiger partial charge is 0.221 e. The zero-order valence-electron chi connectivity index (χ0n) is 11.8. The monoisotopic (exact) mass is 254 g/mol. The molecule has 0 aromatic rings. The van der Waals surface area contributed by atoms with Crippen LogP contribution in [-0.4, -0.2) is 38.0 Å². The lowest BCUT2D eigenvalue weighted by atomic mass is 10.2. The fourth-order valence-electron chi connectivity index (χ4n) is 1.53. The van der Waals surface area contributed by atoms with Crippen molar-refractivity contribution in [3.05, 3.63) is 0 Å². The van der Waals surface area contributed by atoms with Crippen LogP contribution in [0.15, 0.2) is 4.99 Å². The van der Waals surface area contributed by atoms with Crippen molar-refractivity contribution in [3.63, 3.8) is 0 Å². The van der Waals surface area contributed by atoms with Gasteiger partial charge < -0.3 is 16.0 Å². The Morgan fingerprint density at radius 2 is 2.11 bits per heavy atom. The number of aliphatic imine (C=N–C) groups is 1. The third-order valence-electron chi connectivity index (χ3n) is 3.14. The van der Waals surface area contributed by atoms with Crippen LogP contribution in [0.4, 0.5) is 0 Å². The molecule has 0 radical (unpaired) electrons. The van der Waals surface area contributed by atoms with E-state index in [0.29, 0.717) is 13.0 Å². The zero-order valence-corrected chi connectivity index (χ0v) is 11.8. The van der Waals surface area contributed by atoms with Crippen LogP contribution >= 0.6 is 0 Å². The summed E-state index contributed by atoms with van der Waals surface area (Å²) in [6.07, 6.45) is 4.08. The van der Waals surface area contributed by atoms with Crippen LogP contribution in [0.2, 0.25) is 0 Å². The average molecular weight is 254 g/mol. The standard InChI is InChI=1S/C13H26N4O/c1-4-10(2)17-12(18)7-8-15-13(14-3)16-9-11-5-6-11/h10-11H,4-9H2,1-3H3,(H,17,18)(H2,14,15,16). The van der Waals surface area contributed by atoms with E-state index in [1.54, 1.807) is 7.05 Å². The molecule has 3 N–H and O–H groups in total. The van der Waals surface area contributed by atoms with Gasteiger partial charge in [0.15, 0.2) is 5.96 Å². The normalized spacial score (nSPS) is 17.2. The molecule has 1 amide bonds. The van der Waals surface area contributed by atoms with Crippen molar-refractivity contribution in [1.29, 1.82) is 0 Å². The van der Waals surface area contributed by atoms with E-state index in [-0.39, 0.29) is 11.9 Å². The lowest BCUT2D eigenvalue weighted by Gasteiger charge is -2.13. The minimum Gasteiger partial charge on any atom is -0.356 e. The van der Waals surface area contributed by atoms with Gasteiger partial charge in [0.25, 0.3) is 0 Å². The van der Waals surface area contributed by atoms with E-state index in [1.807, 2.05) is 6.92 Å². The summed E-state index contributed by atoms with van der Waals surface area (Å²) in [5, 5.41) is 9.36. The van der Waals surface area contributed by atoms with Crippen LogP contribution in [0.1, 0.15) is 39.5 Å². The topological polar surface area (TPSA) is 65.5 Å². The average Bonchev–Trinajstić information content (AvgIpc) is 3.17. The van der Waals surface area contributed by atoms with Crippen LogP contribution in [0, 0.1) is 5.92 Å². The van der Waals surface area contributed by atoms with E-state index in [2.05, 4.69) is 27.9 Å². The van der Waals surface area contributed by atoms with Gasteiger partial charge in [0.2, 0.25) is 5.91 Å². The fraction of sp³-hybridized carbons (Fsp3) is 0.846. The van der Waals surface area contributed by atoms with E-state index in [4.69, 9.17) is 0 Å². The molecule has 0 aromatic carbocycles. The predicted octanol–water partition coefficient (Wildman–Crippen LogP) is 0.866. The van der Waals surface area contributed by atoms with Gasteiger partial charge in [-0.25, -0.2) is 0 Å². The van der Waals surface area contributed by atoms with Crippen molar-refractivity contribution in [3.8, 4) is 0 Å². The number of rotatable bonds is 7. The first-order valence-corrected chi connectivity index (χ1v) is 6.89. The first-order chi connectivity index (χ1) is 8.65. The molecule has 1 aliphatic rings. The number of amides is 1. The number of carbonyl (C=O) groups excluding carboxylic acids is 1. The lowest BCUT2D eigenvalue weighted by Crippen LogP contribution is -2.41. The second-order valence-corrected chi connectivity index (χ2v) is 4.95. The first-order valence-electron chi connectivity index (χ1n) is 6.89. The Bertz CT molecular complexity index is 287. The highest BCUT2D eigenvalue weighted by atomic mass is 16.1. The maximum Gasteiger partial charge on any atom is 0.221 e. The SMILES string of the molecule is CCC(C)NC(=O)CCNC(=NC)NCC1CC1. The zero-order chi connectivity index (χ0) is 13.4. The van der Waals surface area contributed by atoms with Crippen LogP contribution < -0.4 is 16.0 Å². The molecule has 18 heavy (non-hydrogen) atoms. The van der Waals surface area contributed by atoms with Crippen LogP contribution in [0.25, 0.3) is 0 Å². The van der Waals surface area contributed by atoms with Gasteiger partial charge in [-0.1, -0.05) is 6.92 Å². The third kappa shape index (κ3) is 6.47. The lowest BCUT2D eigenvalue weighted by molar-refractivity contribution is -0.121. The molecule has 1 aliphatic carbocycles. The maximum absolute atomic E-state index is 11.5. The van der Waals surface area contributed by atoms with Crippen molar-refractivity contribution in [2.45, 2.75) is 45.6 Å². The van der Waals surface area contributed by atoms with Gasteiger partial charge >= 0.3 is 0 Å². The van der Waals surface area contributed by atoms with Gasteiger partial charge in [0.05, 0.1) is 0 Å². The highest BCUT2D eigenvalue weighted by molar-refractivity contribution is 5.81. The Hall–Kier alpha value is -1.26. The molecule has 1 unspecified atom stereocenters. The molecule has 0 aromatic heterocycles. The van der Waals surface area contributed by atoms with Gasteiger partial charge in [-0.15, -0.1) is 0 Å². The quantitative estimate of drug-likeness (QED) is 0.466. The first kappa shape index (κ1) is 14.8. The van der Waals surface area contributed by atoms with Crippen LogP contribution in [0.5, 0.6) is 0 Å². The number of nitrogens with one attached hydrogen (secondary N) is 3. The third-order valence-corrected chi connectivity index (χ3v) is 3.14. The molecule has 0 saturated heterocycles. The molecule has 5 nitrogen and oxygen atoms in total. The fourth-order valence-corrected chi connectivity index (χ4v) is 1.53. The molecule has 1 fully saturated rings. The largest absolute Gasteiger partial charge is 0.356 e. The second-order valence-electron chi connectivity index (χ2n) is 4.95. The number of nitrogens with zero attached hydrogens (tertiary/aromatic N) is 1. The van der Waals surface area contributed by atoms with Gasteiger partial charge in [-0.05, 0) is 32.1 Å². The van der Waals surface area contributed by atoms with E-state index in [9.17, 15) is 4.79 Å². The predicted molar refractivity (Wildman–Crippen MR) is 74.6 cm³/mol. The Labute approximate surface area is 110 Å². The van der Waals surface area contributed by atoms with Gasteiger partial charge in [0, 0.05) is 32.6 Å².